The summed E-state index contributed by atoms with van der Waals surface area (Å²) in [6.07, 6.45) is 2.28. The van der Waals surface area contributed by atoms with Gasteiger partial charge >= 0.3 is 0 Å². The maximum atomic E-state index is 5.36. The van der Waals surface area contributed by atoms with Crippen molar-refractivity contribution in [2.45, 2.75) is 12.8 Å². The second-order valence-electron chi connectivity index (χ2n) is 7.57. The molecule has 0 atom stereocenters. The molecule has 1 heterocycles. The Morgan fingerprint density at radius 3 is 2.31 bits per heavy atom. The highest BCUT2D eigenvalue weighted by Gasteiger charge is 2.16. The van der Waals surface area contributed by atoms with Gasteiger partial charge in [0.2, 0.25) is 0 Å². The van der Waals surface area contributed by atoms with Crippen molar-refractivity contribution in [1.29, 1.82) is 0 Å². The van der Waals surface area contributed by atoms with Crippen LogP contribution >= 0.6 is 24.0 Å². The molecule has 0 spiro atoms. The summed E-state index contributed by atoms with van der Waals surface area (Å²) in [5.74, 6) is 2.15. The minimum absolute atomic E-state index is 0. The van der Waals surface area contributed by atoms with Crippen molar-refractivity contribution < 1.29 is 9.47 Å². The lowest BCUT2D eigenvalue weighted by atomic mass is 10.2. The van der Waals surface area contributed by atoms with Crippen LogP contribution in [0.15, 0.2) is 53.5 Å². The van der Waals surface area contributed by atoms with E-state index in [2.05, 4.69) is 55.8 Å². The minimum atomic E-state index is 0. The Labute approximate surface area is 209 Å². The molecule has 2 aromatic carbocycles. The first-order chi connectivity index (χ1) is 15.2. The van der Waals surface area contributed by atoms with Gasteiger partial charge in [-0.15, -0.1) is 24.0 Å². The minimum Gasteiger partial charge on any atom is -0.493 e. The maximum absolute atomic E-state index is 5.36. The predicted octanol–water partition coefficient (Wildman–Crippen LogP) is 3.91. The van der Waals surface area contributed by atoms with Crippen LogP contribution in [-0.4, -0.2) is 71.4 Å². The highest BCUT2D eigenvalue weighted by Crippen LogP contribution is 2.29. The van der Waals surface area contributed by atoms with Gasteiger partial charge in [0.15, 0.2) is 17.5 Å². The molecule has 0 unspecified atom stereocenters. The number of piperazine rings is 1. The van der Waals surface area contributed by atoms with E-state index < -0.39 is 0 Å². The summed E-state index contributed by atoms with van der Waals surface area (Å²) < 4.78 is 10.6. The van der Waals surface area contributed by atoms with Gasteiger partial charge in [-0.3, -0.25) is 9.89 Å². The Balaban J connectivity index is 0.00000363. The highest BCUT2D eigenvalue weighted by molar-refractivity contribution is 14.0. The Kier molecular flexibility index (Phi) is 11.4. The van der Waals surface area contributed by atoms with Crippen LogP contribution in [0, 0.1) is 0 Å². The number of nitrogens with one attached hydrogen (secondary N) is 2. The van der Waals surface area contributed by atoms with E-state index in [1.165, 1.54) is 12.1 Å². The van der Waals surface area contributed by atoms with Gasteiger partial charge in [0.1, 0.15) is 0 Å². The van der Waals surface area contributed by atoms with Crippen molar-refractivity contribution in [2.75, 3.05) is 70.8 Å². The molecule has 1 saturated heterocycles. The lowest BCUT2D eigenvalue weighted by molar-refractivity contribution is 0.253. The molecule has 1 fully saturated rings. The van der Waals surface area contributed by atoms with Crippen LogP contribution in [0.2, 0.25) is 0 Å². The molecule has 1 aliphatic heterocycles. The summed E-state index contributed by atoms with van der Waals surface area (Å²) in [5.41, 5.74) is 2.24. The number of hydrogen-bond acceptors (Lipinski definition) is 5. The second kappa shape index (κ2) is 14.1. The third-order valence-corrected chi connectivity index (χ3v) is 5.56. The van der Waals surface area contributed by atoms with Gasteiger partial charge in [-0.05, 0) is 43.7 Å². The van der Waals surface area contributed by atoms with Gasteiger partial charge in [0, 0.05) is 57.2 Å². The Bertz CT molecular complexity index is 826. The number of hydrogen-bond donors (Lipinski definition) is 2. The van der Waals surface area contributed by atoms with E-state index in [1.807, 2.05) is 18.2 Å². The van der Waals surface area contributed by atoms with Crippen molar-refractivity contribution in [1.82, 2.24) is 10.2 Å². The zero-order chi connectivity index (χ0) is 21.9. The number of guanidine groups is 1. The van der Waals surface area contributed by atoms with Crippen molar-refractivity contribution in [3.63, 3.8) is 0 Å². The van der Waals surface area contributed by atoms with Crippen LogP contribution in [0.1, 0.15) is 12.8 Å². The number of halogens is 1. The largest absolute Gasteiger partial charge is 0.493 e. The first kappa shape index (κ1) is 26.1. The van der Waals surface area contributed by atoms with Crippen molar-refractivity contribution in [2.24, 2.45) is 4.99 Å². The fourth-order valence-electron chi connectivity index (χ4n) is 3.77. The van der Waals surface area contributed by atoms with Crippen LogP contribution in [0.3, 0.4) is 0 Å². The normalized spacial score (nSPS) is 14.5. The van der Waals surface area contributed by atoms with E-state index in [4.69, 9.17) is 9.47 Å². The summed E-state index contributed by atoms with van der Waals surface area (Å²) >= 11 is 0. The van der Waals surface area contributed by atoms with Crippen LogP contribution in [0.5, 0.6) is 11.5 Å². The molecule has 0 saturated carbocycles. The van der Waals surface area contributed by atoms with E-state index in [9.17, 15) is 0 Å². The smallest absolute Gasteiger partial charge is 0.195 e. The monoisotopic (exact) mass is 553 g/mol. The summed E-state index contributed by atoms with van der Waals surface area (Å²) in [5, 5.41) is 6.69. The summed E-state index contributed by atoms with van der Waals surface area (Å²) in [6.45, 7) is 6.49. The van der Waals surface area contributed by atoms with Crippen LogP contribution < -0.4 is 25.0 Å². The molecular weight excluding hydrogens is 517 g/mol. The molecule has 32 heavy (non-hydrogen) atoms. The molecule has 176 valence electrons. The SMILES string of the molecule is CN=C(NCCCCN1CCN(c2ccccc2)CC1)Nc1ccc(OC)c(OC)c1.I. The lowest BCUT2D eigenvalue weighted by Gasteiger charge is -2.36. The Hall–Kier alpha value is -2.20. The number of para-hydroxylation sites is 1. The molecule has 0 radical (unpaired) electrons. The average Bonchev–Trinajstić information content (AvgIpc) is 2.83. The molecule has 0 aromatic heterocycles. The van der Waals surface area contributed by atoms with Crippen molar-refractivity contribution in [3.8, 4) is 11.5 Å². The Morgan fingerprint density at radius 2 is 1.66 bits per heavy atom. The topological polar surface area (TPSA) is 61.4 Å². The number of aliphatic imine (C=N–C) groups is 1. The molecule has 0 amide bonds. The standard InChI is InChI=1S/C24H35N5O2.HI/c1-25-24(27-20-11-12-22(30-2)23(19-20)31-3)26-13-7-8-14-28-15-17-29(18-16-28)21-9-5-4-6-10-21;/h4-6,9-12,19H,7-8,13-18H2,1-3H3,(H2,25,26,27);1H. The summed E-state index contributed by atoms with van der Waals surface area (Å²) in [6, 6.07) is 16.4. The van der Waals surface area contributed by atoms with Crippen LogP contribution in [0.25, 0.3) is 0 Å². The van der Waals surface area contributed by atoms with Gasteiger partial charge < -0.3 is 25.0 Å². The van der Waals surface area contributed by atoms with Crippen molar-refractivity contribution >= 4 is 41.3 Å². The number of nitrogens with zero attached hydrogens (tertiary/aromatic N) is 3. The zero-order valence-corrected chi connectivity index (χ0v) is 21.7. The fraction of sp³-hybridized carbons (Fsp3) is 0.458. The quantitative estimate of drug-likeness (QED) is 0.213. The van der Waals surface area contributed by atoms with Gasteiger partial charge in [-0.25, -0.2) is 0 Å². The van der Waals surface area contributed by atoms with E-state index >= 15 is 0 Å². The number of anilines is 2. The summed E-state index contributed by atoms with van der Waals surface area (Å²) in [4.78, 5) is 9.35. The maximum Gasteiger partial charge on any atom is 0.195 e. The highest BCUT2D eigenvalue weighted by atomic mass is 127. The van der Waals surface area contributed by atoms with Crippen LogP contribution in [-0.2, 0) is 0 Å². The van der Waals surface area contributed by atoms with Crippen LogP contribution in [0.4, 0.5) is 11.4 Å². The fourth-order valence-corrected chi connectivity index (χ4v) is 3.77. The van der Waals surface area contributed by atoms with E-state index in [0.717, 1.165) is 57.3 Å². The molecule has 1 aliphatic rings. The first-order valence-electron chi connectivity index (χ1n) is 11.0. The first-order valence-corrected chi connectivity index (χ1v) is 11.0. The number of benzene rings is 2. The van der Waals surface area contributed by atoms with Crippen molar-refractivity contribution in [3.05, 3.63) is 48.5 Å². The number of ether oxygens (including phenoxy) is 2. The van der Waals surface area contributed by atoms with E-state index in [-0.39, 0.29) is 24.0 Å². The van der Waals surface area contributed by atoms with E-state index in [1.54, 1.807) is 21.3 Å². The average molecular weight is 553 g/mol. The molecule has 0 bridgehead atoms. The van der Waals surface area contributed by atoms with Gasteiger partial charge in [0.25, 0.3) is 0 Å². The molecular formula is C24H36IN5O2. The van der Waals surface area contributed by atoms with Gasteiger partial charge in [-0.1, -0.05) is 18.2 Å². The van der Waals surface area contributed by atoms with E-state index in [0.29, 0.717) is 11.5 Å². The number of unbranched alkanes of at least 4 members (excludes halogenated alkanes) is 1. The lowest BCUT2D eigenvalue weighted by Crippen LogP contribution is -2.46. The molecule has 8 heteroatoms. The third kappa shape index (κ3) is 7.74. The Morgan fingerprint density at radius 1 is 0.938 bits per heavy atom. The molecule has 7 nitrogen and oxygen atoms in total. The van der Waals surface area contributed by atoms with Gasteiger partial charge in [-0.2, -0.15) is 0 Å². The third-order valence-electron chi connectivity index (χ3n) is 5.56. The molecule has 0 aliphatic carbocycles. The zero-order valence-electron chi connectivity index (χ0n) is 19.3. The summed E-state index contributed by atoms with van der Waals surface area (Å²) in [7, 11) is 5.05. The second-order valence-corrected chi connectivity index (χ2v) is 7.57. The number of rotatable bonds is 9. The predicted molar refractivity (Wildman–Crippen MR) is 144 cm³/mol. The molecule has 3 rings (SSSR count). The van der Waals surface area contributed by atoms with Gasteiger partial charge in [0.05, 0.1) is 14.2 Å². The number of methoxy groups -OCH3 is 2. The molecule has 2 aromatic rings. The molecule has 2 N–H and O–H groups in total.